The van der Waals surface area contributed by atoms with Crippen LogP contribution >= 0.6 is 0 Å². The van der Waals surface area contributed by atoms with E-state index in [1.165, 1.54) is 12.1 Å². The molecule has 1 heterocycles. The van der Waals surface area contributed by atoms with E-state index in [0.29, 0.717) is 37.4 Å². The van der Waals surface area contributed by atoms with Crippen LogP contribution in [0.3, 0.4) is 0 Å². The standard InChI is InChI=1S/C19H21FN2O2/c1-3-19(23)22(10-9-16-7-5-6-8-18(16)20)14-15-11-17(24-4-2)13-21-12-15/h3,5-8,11-13H,1,4,9-10,14H2,2H3. The molecule has 0 aliphatic rings. The topological polar surface area (TPSA) is 42.4 Å². The lowest BCUT2D eigenvalue weighted by Crippen LogP contribution is -2.31. The summed E-state index contributed by atoms with van der Waals surface area (Å²) in [5.41, 5.74) is 1.44. The number of carbonyl (C=O) groups excluding carboxylic acids is 1. The molecular formula is C19H21FN2O2. The van der Waals surface area contributed by atoms with Gasteiger partial charge in [-0.3, -0.25) is 9.78 Å². The van der Waals surface area contributed by atoms with Gasteiger partial charge in [0.25, 0.3) is 0 Å². The van der Waals surface area contributed by atoms with Gasteiger partial charge in [0.05, 0.1) is 12.8 Å². The van der Waals surface area contributed by atoms with E-state index in [0.717, 1.165) is 5.56 Å². The number of hydrogen-bond donors (Lipinski definition) is 0. The van der Waals surface area contributed by atoms with E-state index in [-0.39, 0.29) is 11.7 Å². The zero-order valence-corrected chi connectivity index (χ0v) is 13.7. The molecule has 4 nitrogen and oxygen atoms in total. The number of amides is 1. The molecule has 0 saturated heterocycles. The van der Waals surface area contributed by atoms with E-state index < -0.39 is 0 Å². The van der Waals surface area contributed by atoms with Gasteiger partial charge in [-0.25, -0.2) is 4.39 Å². The smallest absolute Gasteiger partial charge is 0.246 e. The van der Waals surface area contributed by atoms with Gasteiger partial charge < -0.3 is 9.64 Å². The van der Waals surface area contributed by atoms with Crippen molar-refractivity contribution in [2.75, 3.05) is 13.2 Å². The molecule has 0 aliphatic heterocycles. The second-order valence-electron chi connectivity index (χ2n) is 5.27. The lowest BCUT2D eigenvalue weighted by atomic mass is 10.1. The maximum absolute atomic E-state index is 13.7. The van der Waals surface area contributed by atoms with Crippen LogP contribution in [0.1, 0.15) is 18.1 Å². The molecule has 2 rings (SSSR count). The minimum absolute atomic E-state index is 0.201. The average Bonchev–Trinajstić information content (AvgIpc) is 2.60. The third-order valence-corrected chi connectivity index (χ3v) is 3.55. The molecule has 24 heavy (non-hydrogen) atoms. The molecular weight excluding hydrogens is 307 g/mol. The number of hydrogen-bond acceptors (Lipinski definition) is 3. The van der Waals surface area contributed by atoms with Crippen molar-refractivity contribution in [3.8, 4) is 5.75 Å². The van der Waals surface area contributed by atoms with Crippen LogP contribution in [-0.2, 0) is 17.8 Å². The Kier molecular flexibility index (Phi) is 6.49. The van der Waals surface area contributed by atoms with Crippen LogP contribution < -0.4 is 4.74 Å². The summed E-state index contributed by atoms with van der Waals surface area (Å²) in [5, 5.41) is 0. The van der Waals surface area contributed by atoms with Crippen LogP contribution in [0, 0.1) is 5.82 Å². The van der Waals surface area contributed by atoms with Gasteiger partial charge in [-0.1, -0.05) is 24.8 Å². The second kappa shape index (κ2) is 8.82. The third-order valence-electron chi connectivity index (χ3n) is 3.55. The van der Waals surface area contributed by atoms with Crippen LogP contribution in [0.4, 0.5) is 4.39 Å². The minimum atomic E-state index is -0.261. The Morgan fingerprint density at radius 1 is 1.38 bits per heavy atom. The van der Waals surface area contributed by atoms with E-state index in [4.69, 9.17) is 4.74 Å². The van der Waals surface area contributed by atoms with Crippen molar-refractivity contribution < 1.29 is 13.9 Å². The summed E-state index contributed by atoms with van der Waals surface area (Å²) in [6, 6.07) is 8.43. The Hall–Kier alpha value is -2.69. The molecule has 0 saturated carbocycles. The van der Waals surface area contributed by atoms with Crippen molar-refractivity contribution in [1.82, 2.24) is 9.88 Å². The Balaban J connectivity index is 2.08. The number of ether oxygens (including phenoxy) is 1. The fourth-order valence-electron chi connectivity index (χ4n) is 2.37. The molecule has 5 heteroatoms. The maximum atomic E-state index is 13.7. The molecule has 0 N–H and O–H groups in total. The summed E-state index contributed by atoms with van der Waals surface area (Å²) >= 11 is 0. The Morgan fingerprint density at radius 2 is 2.17 bits per heavy atom. The van der Waals surface area contributed by atoms with Crippen molar-refractivity contribution in [2.24, 2.45) is 0 Å². The molecule has 0 atom stereocenters. The molecule has 126 valence electrons. The fraction of sp³-hybridized carbons (Fsp3) is 0.263. The zero-order valence-electron chi connectivity index (χ0n) is 13.7. The molecule has 0 fully saturated rings. The molecule has 0 aliphatic carbocycles. The van der Waals surface area contributed by atoms with Crippen LogP contribution in [0.5, 0.6) is 5.75 Å². The van der Waals surface area contributed by atoms with Crippen LogP contribution in [-0.4, -0.2) is 28.9 Å². The normalized spacial score (nSPS) is 10.2. The summed E-state index contributed by atoms with van der Waals surface area (Å²) in [6.45, 7) is 6.75. The van der Waals surface area contributed by atoms with Gasteiger partial charge in [0, 0.05) is 19.3 Å². The molecule has 2 aromatic rings. The van der Waals surface area contributed by atoms with Crippen molar-refractivity contribution in [1.29, 1.82) is 0 Å². The van der Waals surface area contributed by atoms with Crippen LogP contribution in [0.2, 0.25) is 0 Å². The Labute approximate surface area is 141 Å². The van der Waals surface area contributed by atoms with Gasteiger partial charge in [0.1, 0.15) is 11.6 Å². The highest BCUT2D eigenvalue weighted by Crippen LogP contribution is 2.14. The number of carbonyl (C=O) groups is 1. The first kappa shape index (κ1) is 17.7. The van der Waals surface area contributed by atoms with Gasteiger partial charge in [-0.15, -0.1) is 0 Å². The highest BCUT2D eigenvalue weighted by atomic mass is 19.1. The van der Waals surface area contributed by atoms with Gasteiger partial charge >= 0.3 is 0 Å². The highest BCUT2D eigenvalue weighted by Gasteiger charge is 2.13. The number of aromatic nitrogens is 1. The first-order chi connectivity index (χ1) is 11.6. The van der Waals surface area contributed by atoms with Crippen LogP contribution in [0.15, 0.2) is 55.4 Å². The summed E-state index contributed by atoms with van der Waals surface area (Å²) in [5.74, 6) is 0.201. The number of halogens is 1. The summed E-state index contributed by atoms with van der Waals surface area (Å²) in [4.78, 5) is 17.8. The predicted molar refractivity (Wildman–Crippen MR) is 91.1 cm³/mol. The molecule has 1 amide bonds. The lowest BCUT2D eigenvalue weighted by molar-refractivity contribution is -0.126. The molecule has 1 aromatic carbocycles. The predicted octanol–water partition coefficient (Wildman–Crippen LogP) is 3.38. The molecule has 0 radical (unpaired) electrons. The zero-order chi connectivity index (χ0) is 17.4. The summed E-state index contributed by atoms with van der Waals surface area (Å²) < 4.78 is 19.2. The monoisotopic (exact) mass is 328 g/mol. The molecule has 0 spiro atoms. The van der Waals surface area contributed by atoms with E-state index in [1.54, 1.807) is 35.5 Å². The Bertz CT molecular complexity index is 703. The largest absolute Gasteiger partial charge is 0.492 e. The molecule has 0 unspecified atom stereocenters. The van der Waals surface area contributed by atoms with Crippen molar-refractivity contribution in [3.63, 3.8) is 0 Å². The molecule has 0 bridgehead atoms. The fourth-order valence-corrected chi connectivity index (χ4v) is 2.37. The van der Waals surface area contributed by atoms with Crippen molar-refractivity contribution in [2.45, 2.75) is 19.9 Å². The minimum Gasteiger partial charge on any atom is -0.492 e. The van der Waals surface area contributed by atoms with Crippen molar-refractivity contribution >= 4 is 5.91 Å². The third kappa shape index (κ3) is 4.91. The first-order valence-corrected chi connectivity index (χ1v) is 7.85. The van der Waals surface area contributed by atoms with E-state index >= 15 is 0 Å². The number of rotatable bonds is 8. The average molecular weight is 328 g/mol. The van der Waals surface area contributed by atoms with Gasteiger partial charge in [0.2, 0.25) is 5.91 Å². The second-order valence-corrected chi connectivity index (χ2v) is 5.27. The quantitative estimate of drug-likeness (QED) is 0.698. The van der Waals surface area contributed by atoms with E-state index in [1.807, 2.05) is 13.0 Å². The van der Waals surface area contributed by atoms with Gasteiger partial charge in [-0.2, -0.15) is 0 Å². The first-order valence-electron chi connectivity index (χ1n) is 7.85. The number of nitrogens with zero attached hydrogens (tertiary/aromatic N) is 2. The van der Waals surface area contributed by atoms with E-state index in [2.05, 4.69) is 11.6 Å². The maximum Gasteiger partial charge on any atom is 0.246 e. The van der Waals surface area contributed by atoms with Gasteiger partial charge in [-0.05, 0) is 42.7 Å². The lowest BCUT2D eigenvalue weighted by Gasteiger charge is -2.21. The van der Waals surface area contributed by atoms with Gasteiger partial charge in [0.15, 0.2) is 0 Å². The number of pyridine rings is 1. The number of benzene rings is 1. The van der Waals surface area contributed by atoms with Crippen molar-refractivity contribution in [3.05, 3.63) is 72.3 Å². The summed E-state index contributed by atoms with van der Waals surface area (Å²) in [6.07, 6.45) is 5.02. The molecule has 1 aromatic heterocycles. The highest BCUT2D eigenvalue weighted by molar-refractivity contribution is 5.87. The van der Waals surface area contributed by atoms with Crippen LogP contribution in [0.25, 0.3) is 0 Å². The SMILES string of the molecule is C=CC(=O)N(CCc1ccccc1F)Cc1cncc(OCC)c1. The Morgan fingerprint density at radius 3 is 2.88 bits per heavy atom. The summed E-state index contributed by atoms with van der Waals surface area (Å²) in [7, 11) is 0. The van der Waals surface area contributed by atoms with E-state index in [9.17, 15) is 9.18 Å².